The molecule has 0 bridgehead atoms. The fourth-order valence-corrected chi connectivity index (χ4v) is 3.96. The third kappa shape index (κ3) is 2.79. The van der Waals surface area contributed by atoms with Crippen LogP contribution in [0.1, 0.15) is 15.3 Å². The van der Waals surface area contributed by atoms with Crippen LogP contribution in [0.3, 0.4) is 0 Å². The molecule has 1 nitrogen and oxygen atoms in total. The van der Waals surface area contributed by atoms with E-state index in [-0.39, 0.29) is 4.83 Å². The summed E-state index contributed by atoms with van der Waals surface area (Å²) < 4.78 is 5.30. The van der Waals surface area contributed by atoms with E-state index in [1.54, 1.807) is 24.5 Å². The highest BCUT2D eigenvalue weighted by Crippen LogP contribution is 2.42. The lowest BCUT2D eigenvalue weighted by Crippen LogP contribution is -1.94. The van der Waals surface area contributed by atoms with Crippen molar-refractivity contribution < 1.29 is 4.74 Å². The fourth-order valence-electron chi connectivity index (χ4n) is 1.51. The molecule has 1 unspecified atom stereocenters. The van der Waals surface area contributed by atoms with Crippen LogP contribution in [0, 0.1) is 0 Å². The number of hydrogen-bond acceptors (Lipinski definition) is 2. The van der Waals surface area contributed by atoms with Crippen molar-refractivity contribution in [2.45, 2.75) is 4.83 Å². The van der Waals surface area contributed by atoms with E-state index in [0.29, 0.717) is 10.0 Å². The van der Waals surface area contributed by atoms with E-state index in [2.05, 4.69) is 15.9 Å². The summed E-state index contributed by atoms with van der Waals surface area (Å²) >= 11 is 17.3. The summed E-state index contributed by atoms with van der Waals surface area (Å²) in [5, 5.41) is 3.28. The molecule has 1 aromatic carbocycles. The zero-order valence-electron chi connectivity index (χ0n) is 8.91. The van der Waals surface area contributed by atoms with Crippen LogP contribution in [0.25, 0.3) is 0 Å². The molecular weight excluding hydrogens is 343 g/mol. The molecule has 90 valence electrons. The average Bonchev–Trinajstić information content (AvgIpc) is 2.76. The van der Waals surface area contributed by atoms with E-state index < -0.39 is 0 Å². The van der Waals surface area contributed by atoms with Crippen LogP contribution in [-0.2, 0) is 0 Å². The number of methoxy groups -OCH3 is 1. The Morgan fingerprint density at radius 3 is 2.71 bits per heavy atom. The van der Waals surface area contributed by atoms with Gasteiger partial charge in [0.05, 0.1) is 16.8 Å². The van der Waals surface area contributed by atoms with E-state index >= 15 is 0 Å². The number of rotatable bonds is 3. The van der Waals surface area contributed by atoms with Gasteiger partial charge in [0.15, 0.2) is 0 Å². The summed E-state index contributed by atoms with van der Waals surface area (Å²) in [7, 11) is 1.66. The van der Waals surface area contributed by atoms with Gasteiger partial charge in [-0.1, -0.05) is 45.2 Å². The van der Waals surface area contributed by atoms with Gasteiger partial charge in [0.1, 0.15) is 5.75 Å². The number of halogens is 3. The molecule has 2 rings (SSSR count). The molecular formula is C12H9BrCl2OS. The van der Waals surface area contributed by atoms with Crippen molar-refractivity contribution in [3.8, 4) is 5.75 Å². The van der Waals surface area contributed by atoms with Crippen LogP contribution in [0.2, 0.25) is 10.0 Å². The molecule has 0 amide bonds. The molecule has 1 atom stereocenters. The maximum absolute atomic E-state index is 6.19. The molecule has 1 aromatic heterocycles. The minimum Gasteiger partial charge on any atom is -0.496 e. The maximum Gasteiger partial charge on any atom is 0.134 e. The molecule has 0 N–H and O–H groups in total. The van der Waals surface area contributed by atoms with E-state index in [1.807, 2.05) is 23.6 Å². The molecule has 0 radical (unpaired) electrons. The summed E-state index contributed by atoms with van der Waals surface area (Å²) in [5.41, 5.74) is 0.983. The summed E-state index contributed by atoms with van der Waals surface area (Å²) in [4.78, 5) is 1.11. The molecule has 0 aliphatic rings. The minimum atomic E-state index is 0.0159. The van der Waals surface area contributed by atoms with E-state index in [1.165, 1.54) is 0 Å². The van der Waals surface area contributed by atoms with Gasteiger partial charge in [-0.05, 0) is 29.1 Å². The van der Waals surface area contributed by atoms with Gasteiger partial charge in [-0.15, -0.1) is 11.3 Å². The summed E-state index contributed by atoms with van der Waals surface area (Å²) in [6.45, 7) is 0. The fraction of sp³-hybridized carbons (Fsp3) is 0.167. The topological polar surface area (TPSA) is 9.23 Å². The van der Waals surface area contributed by atoms with Gasteiger partial charge < -0.3 is 4.74 Å². The highest BCUT2D eigenvalue weighted by Gasteiger charge is 2.19. The first-order chi connectivity index (χ1) is 8.13. The van der Waals surface area contributed by atoms with Crippen LogP contribution >= 0.6 is 50.5 Å². The van der Waals surface area contributed by atoms with Crippen molar-refractivity contribution in [3.05, 3.63) is 50.1 Å². The number of ether oxygens (including phenoxy) is 1. The van der Waals surface area contributed by atoms with E-state index in [0.717, 1.165) is 16.2 Å². The highest BCUT2D eigenvalue weighted by molar-refractivity contribution is 9.09. The Labute approximate surface area is 122 Å². The Bertz CT molecular complexity index is 527. The van der Waals surface area contributed by atoms with Gasteiger partial charge in [-0.25, -0.2) is 0 Å². The average molecular weight is 352 g/mol. The number of hydrogen-bond donors (Lipinski definition) is 0. The third-order valence-electron chi connectivity index (χ3n) is 2.34. The summed E-state index contributed by atoms with van der Waals surface area (Å²) in [6.07, 6.45) is 0. The van der Waals surface area contributed by atoms with Crippen LogP contribution < -0.4 is 4.74 Å². The predicted molar refractivity (Wildman–Crippen MR) is 78.1 cm³/mol. The second-order valence-electron chi connectivity index (χ2n) is 3.38. The molecule has 5 heteroatoms. The van der Waals surface area contributed by atoms with Crippen LogP contribution in [0.15, 0.2) is 29.6 Å². The standard InChI is InChI=1S/C12H9BrCl2OS/c1-16-10-4-5-17-12(10)11(13)8-3-2-7(14)6-9(8)15/h2-6,11H,1H3. The van der Waals surface area contributed by atoms with E-state index in [4.69, 9.17) is 27.9 Å². The Morgan fingerprint density at radius 2 is 2.06 bits per heavy atom. The number of thiophene rings is 1. The summed E-state index contributed by atoms with van der Waals surface area (Å²) in [6, 6.07) is 7.44. The van der Waals surface area contributed by atoms with Gasteiger partial charge in [0, 0.05) is 10.0 Å². The van der Waals surface area contributed by atoms with Crippen molar-refractivity contribution >= 4 is 50.5 Å². The lowest BCUT2D eigenvalue weighted by molar-refractivity contribution is 0.413. The van der Waals surface area contributed by atoms with Gasteiger partial charge in [-0.3, -0.25) is 0 Å². The first-order valence-corrected chi connectivity index (χ1v) is 7.39. The Hall–Kier alpha value is -0.220. The first kappa shape index (κ1) is 13.2. The second kappa shape index (κ2) is 5.61. The lowest BCUT2D eigenvalue weighted by atomic mass is 10.1. The second-order valence-corrected chi connectivity index (χ2v) is 6.09. The Kier molecular flexibility index (Phi) is 4.36. The zero-order valence-corrected chi connectivity index (χ0v) is 12.8. The molecule has 0 aliphatic heterocycles. The predicted octanol–water partition coefficient (Wildman–Crippen LogP) is 5.55. The van der Waals surface area contributed by atoms with Gasteiger partial charge in [0.2, 0.25) is 0 Å². The molecule has 0 saturated carbocycles. The Balaban J connectivity index is 2.40. The molecule has 0 saturated heterocycles. The normalized spacial score (nSPS) is 12.5. The highest BCUT2D eigenvalue weighted by atomic mass is 79.9. The molecule has 0 spiro atoms. The Morgan fingerprint density at radius 1 is 1.29 bits per heavy atom. The van der Waals surface area contributed by atoms with Crippen LogP contribution in [-0.4, -0.2) is 7.11 Å². The van der Waals surface area contributed by atoms with Crippen molar-refractivity contribution in [3.63, 3.8) is 0 Å². The van der Waals surface area contributed by atoms with E-state index in [9.17, 15) is 0 Å². The van der Waals surface area contributed by atoms with Gasteiger partial charge in [0.25, 0.3) is 0 Å². The minimum absolute atomic E-state index is 0.0159. The molecule has 0 fully saturated rings. The SMILES string of the molecule is COc1ccsc1C(Br)c1ccc(Cl)cc1Cl. The van der Waals surface area contributed by atoms with Crippen LogP contribution in [0.5, 0.6) is 5.75 Å². The van der Waals surface area contributed by atoms with Crippen molar-refractivity contribution in [2.24, 2.45) is 0 Å². The monoisotopic (exact) mass is 350 g/mol. The van der Waals surface area contributed by atoms with Crippen LogP contribution in [0.4, 0.5) is 0 Å². The van der Waals surface area contributed by atoms with Gasteiger partial charge in [-0.2, -0.15) is 0 Å². The van der Waals surface area contributed by atoms with Crippen molar-refractivity contribution in [2.75, 3.05) is 7.11 Å². The van der Waals surface area contributed by atoms with Crippen molar-refractivity contribution in [1.29, 1.82) is 0 Å². The molecule has 17 heavy (non-hydrogen) atoms. The quantitative estimate of drug-likeness (QED) is 0.659. The van der Waals surface area contributed by atoms with Crippen molar-refractivity contribution in [1.82, 2.24) is 0 Å². The maximum atomic E-state index is 6.19. The zero-order chi connectivity index (χ0) is 12.4. The number of alkyl halides is 1. The van der Waals surface area contributed by atoms with Gasteiger partial charge >= 0.3 is 0 Å². The smallest absolute Gasteiger partial charge is 0.134 e. The number of benzene rings is 1. The molecule has 1 heterocycles. The third-order valence-corrected chi connectivity index (χ3v) is 5.12. The lowest BCUT2D eigenvalue weighted by Gasteiger charge is -2.12. The molecule has 2 aromatic rings. The molecule has 0 aliphatic carbocycles. The first-order valence-electron chi connectivity index (χ1n) is 4.84. The largest absolute Gasteiger partial charge is 0.496 e. The summed E-state index contributed by atoms with van der Waals surface area (Å²) in [5.74, 6) is 0.864.